The van der Waals surface area contributed by atoms with Crippen LogP contribution in [-0.2, 0) is 10.5 Å². The van der Waals surface area contributed by atoms with Crippen LogP contribution in [0.4, 0.5) is 3.89 Å². The summed E-state index contributed by atoms with van der Waals surface area (Å²) in [5, 5.41) is 2.09. The highest BCUT2D eigenvalue weighted by Gasteiger charge is 2.26. The molecule has 0 atom stereocenters. The lowest BCUT2D eigenvalue weighted by Gasteiger charge is -2.31. The van der Waals surface area contributed by atoms with Crippen LogP contribution < -0.4 is 9.61 Å². The van der Waals surface area contributed by atoms with Gasteiger partial charge in [0.05, 0.1) is 10.9 Å². The fourth-order valence-electron chi connectivity index (χ4n) is 5.18. The molecule has 1 fully saturated rings. The second-order valence-corrected chi connectivity index (χ2v) is 10.2. The predicted molar refractivity (Wildman–Crippen MR) is 139 cm³/mol. The number of hydrogen-bond donors (Lipinski definition) is 1. The van der Waals surface area contributed by atoms with Crippen molar-refractivity contribution in [1.29, 1.82) is 0 Å². The van der Waals surface area contributed by atoms with Gasteiger partial charge in [0.1, 0.15) is 11.4 Å². The van der Waals surface area contributed by atoms with E-state index in [1.165, 1.54) is 12.1 Å². The summed E-state index contributed by atoms with van der Waals surface area (Å²) in [5.41, 5.74) is 5.30. The molecule has 6 rings (SSSR count). The van der Waals surface area contributed by atoms with Crippen molar-refractivity contribution in [2.45, 2.75) is 32.2 Å². The largest absolute Gasteiger partial charge is 0.488 e. The van der Waals surface area contributed by atoms with Gasteiger partial charge in [-0.3, -0.25) is 4.79 Å². The normalized spacial score (nSPS) is 14.2. The molecular weight excluding hydrogens is 479 g/mol. The number of fused-ring (bicyclic) bond motifs is 4. The van der Waals surface area contributed by atoms with Crippen molar-refractivity contribution in [2.24, 2.45) is 0 Å². The molecule has 1 N–H and O–H groups in total. The molecule has 3 aromatic carbocycles. The van der Waals surface area contributed by atoms with Gasteiger partial charge in [0, 0.05) is 27.9 Å². The highest BCUT2D eigenvalue weighted by Crippen LogP contribution is 2.39. The summed E-state index contributed by atoms with van der Waals surface area (Å²) in [6.07, 6.45) is 8.70. The lowest BCUT2D eigenvalue weighted by Crippen LogP contribution is -2.21. The van der Waals surface area contributed by atoms with Crippen LogP contribution in [0.25, 0.3) is 44.0 Å². The number of terminal acetylenes is 1. The zero-order valence-corrected chi connectivity index (χ0v) is 20.2. The lowest BCUT2D eigenvalue weighted by molar-refractivity contribution is 0.327. The van der Waals surface area contributed by atoms with Crippen molar-refractivity contribution >= 4 is 43.3 Å². The van der Waals surface area contributed by atoms with Crippen LogP contribution in [0.2, 0.25) is 0 Å². The topological polar surface area (TPSA) is 81.2 Å². The van der Waals surface area contributed by atoms with Crippen LogP contribution in [0.3, 0.4) is 0 Å². The summed E-state index contributed by atoms with van der Waals surface area (Å²) >= 11 is 0. The van der Waals surface area contributed by atoms with E-state index in [0.29, 0.717) is 16.3 Å². The number of halogens is 1. The van der Waals surface area contributed by atoms with E-state index in [0.717, 1.165) is 58.0 Å². The Morgan fingerprint density at radius 2 is 1.92 bits per heavy atom. The average Bonchev–Trinajstić information content (AvgIpc) is 3.18. The first-order valence-corrected chi connectivity index (χ1v) is 12.9. The Kier molecular flexibility index (Phi) is 4.95. The number of H-pyrrole nitrogens is 1. The first kappa shape index (κ1) is 22.4. The van der Waals surface area contributed by atoms with Crippen LogP contribution in [-0.4, -0.2) is 18.0 Å². The van der Waals surface area contributed by atoms with Gasteiger partial charge in [0.25, 0.3) is 0 Å². The van der Waals surface area contributed by atoms with E-state index in [4.69, 9.17) is 6.42 Å². The van der Waals surface area contributed by atoms with Gasteiger partial charge >= 0.3 is 10.5 Å². The molecule has 0 bridgehead atoms. The molecule has 1 aliphatic rings. The van der Waals surface area contributed by atoms with E-state index in [9.17, 15) is 17.1 Å². The Bertz CT molecular complexity index is 1930. The van der Waals surface area contributed by atoms with Gasteiger partial charge in [-0.2, -0.15) is 8.42 Å². The van der Waals surface area contributed by atoms with E-state index in [2.05, 4.69) is 19.7 Å². The third kappa shape index (κ3) is 3.55. The Morgan fingerprint density at radius 3 is 2.61 bits per heavy atom. The number of rotatable bonds is 4. The van der Waals surface area contributed by atoms with Crippen molar-refractivity contribution < 1.29 is 16.5 Å². The maximum absolute atomic E-state index is 13.8. The second kappa shape index (κ2) is 7.97. The molecular formula is C28H21FN2O4S. The van der Waals surface area contributed by atoms with Gasteiger partial charge in [-0.25, -0.2) is 0 Å². The molecule has 36 heavy (non-hydrogen) atoms. The molecule has 2 aromatic heterocycles. The molecule has 0 unspecified atom stereocenters. The van der Waals surface area contributed by atoms with Gasteiger partial charge in [0.2, 0.25) is 0 Å². The van der Waals surface area contributed by atoms with Gasteiger partial charge in [-0.05, 0) is 79.3 Å². The number of nitrogens with zero attached hydrogens (tertiary/aromatic N) is 1. The maximum Gasteiger partial charge on any atom is 0.488 e. The number of aromatic amines is 1. The summed E-state index contributed by atoms with van der Waals surface area (Å²) in [6, 6.07) is 15.9. The van der Waals surface area contributed by atoms with Crippen LogP contribution in [0.15, 0.2) is 59.4 Å². The van der Waals surface area contributed by atoms with Gasteiger partial charge in [0.15, 0.2) is 5.43 Å². The van der Waals surface area contributed by atoms with E-state index in [1.807, 2.05) is 37.3 Å². The zero-order chi connectivity index (χ0) is 25.2. The van der Waals surface area contributed by atoms with Crippen molar-refractivity contribution in [3.8, 4) is 29.2 Å². The van der Waals surface area contributed by atoms with Crippen molar-refractivity contribution in [3.05, 3.63) is 75.9 Å². The third-order valence-corrected chi connectivity index (χ3v) is 7.43. The number of aryl methyl sites for hydroxylation is 1. The smallest absolute Gasteiger partial charge is 0.358 e. The standard InChI is InChI=1S/C28H21FN2O4S/c1-3-17-10-11-21-24(13-17)30-28-26(21)27(32)23-12-16(2)22(15-25(23)31(28)19-7-5-8-19)18-6-4-9-20(14-18)35-36(29,33)34/h1,4,6,9-15,19,30H,5,7-8H2,2H3. The van der Waals surface area contributed by atoms with Crippen molar-refractivity contribution in [1.82, 2.24) is 9.55 Å². The minimum absolute atomic E-state index is 0.0643. The summed E-state index contributed by atoms with van der Waals surface area (Å²) in [5.74, 6) is 2.52. The van der Waals surface area contributed by atoms with E-state index in [-0.39, 0.29) is 17.2 Å². The predicted octanol–water partition coefficient (Wildman–Crippen LogP) is 5.91. The molecule has 1 saturated carbocycles. The zero-order valence-electron chi connectivity index (χ0n) is 19.3. The maximum atomic E-state index is 13.8. The SMILES string of the molecule is C#Cc1ccc2c(c1)[nH]c1c2c(=O)c2cc(C)c(-c3cccc(OS(=O)(=O)F)c3)cc2n1C1CCC1. The van der Waals surface area contributed by atoms with Gasteiger partial charge in [-0.15, -0.1) is 6.42 Å². The Hall–Kier alpha value is -4.09. The molecule has 6 nitrogen and oxygen atoms in total. The Labute approximate surface area is 206 Å². The molecule has 0 aliphatic heterocycles. The average molecular weight is 501 g/mol. The number of nitrogens with one attached hydrogen (secondary N) is 1. The molecule has 1 aliphatic carbocycles. The number of hydrogen-bond acceptors (Lipinski definition) is 4. The van der Waals surface area contributed by atoms with Crippen LogP contribution in [0, 0.1) is 19.3 Å². The van der Waals surface area contributed by atoms with E-state index < -0.39 is 10.5 Å². The fraction of sp³-hybridized carbons (Fsp3) is 0.179. The number of pyridine rings is 1. The molecule has 180 valence electrons. The first-order valence-electron chi connectivity index (χ1n) is 11.6. The quantitative estimate of drug-likeness (QED) is 0.246. The molecule has 0 spiro atoms. The van der Waals surface area contributed by atoms with Crippen LogP contribution in [0.5, 0.6) is 5.75 Å². The molecule has 0 amide bonds. The van der Waals surface area contributed by atoms with Gasteiger partial charge < -0.3 is 13.7 Å². The summed E-state index contributed by atoms with van der Waals surface area (Å²) < 4.78 is 41.7. The molecule has 5 aromatic rings. The van der Waals surface area contributed by atoms with Crippen LogP contribution in [0.1, 0.15) is 36.4 Å². The van der Waals surface area contributed by atoms with Crippen molar-refractivity contribution in [2.75, 3.05) is 0 Å². The summed E-state index contributed by atoms with van der Waals surface area (Å²) in [4.78, 5) is 17.3. The van der Waals surface area contributed by atoms with Crippen molar-refractivity contribution in [3.63, 3.8) is 0 Å². The number of benzene rings is 3. The van der Waals surface area contributed by atoms with E-state index in [1.54, 1.807) is 12.1 Å². The summed E-state index contributed by atoms with van der Waals surface area (Å²) in [6.45, 7) is 1.89. The minimum atomic E-state index is -5.14. The van der Waals surface area contributed by atoms with E-state index >= 15 is 0 Å². The molecule has 0 saturated heterocycles. The second-order valence-electron chi connectivity index (χ2n) is 9.23. The van der Waals surface area contributed by atoms with Gasteiger partial charge in [-0.1, -0.05) is 28.0 Å². The lowest BCUT2D eigenvalue weighted by atomic mass is 9.91. The Morgan fingerprint density at radius 1 is 1.11 bits per heavy atom. The summed E-state index contributed by atoms with van der Waals surface area (Å²) in [7, 11) is -5.14. The third-order valence-electron chi connectivity index (χ3n) is 7.04. The van der Waals surface area contributed by atoms with Crippen LogP contribution >= 0.6 is 0 Å². The highest BCUT2D eigenvalue weighted by atomic mass is 32.3. The highest BCUT2D eigenvalue weighted by molar-refractivity contribution is 7.81. The Balaban J connectivity index is 1.66. The first-order chi connectivity index (χ1) is 17.2. The number of aromatic nitrogens is 2. The fourth-order valence-corrected chi connectivity index (χ4v) is 5.52. The molecule has 8 heteroatoms. The molecule has 2 heterocycles. The molecule has 0 radical (unpaired) electrons. The monoisotopic (exact) mass is 500 g/mol. The minimum Gasteiger partial charge on any atom is -0.358 e.